The average molecular weight is 247 g/mol. The van der Waals surface area contributed by atoms with Crippen LogP contribution in [-0.2, 0) is 0 Å². The second kappa shape index (κ2) is 5.64. The minimum Gasteiger partial charge on any atom is -0.216 e. The summed E-state index contributed by atoms with van der Waals surface area (Å²) in [6.07, 6.45) is 2.02. The van der Waals surface area contributed by atoms with Crippen molar-refractivity contribution in [3.05, 3.63) is 42.2 Å². The molecule has 0 radical (unpaired) electrons. The summed E-state index contributed by atoms with van der Waals surface area (Å²) in [6.45, 7) is 0. The molecule has 0 spiro atoms. The third kappa shape index (κ3) is 2.81. The molecule has 5 heteroatoms. The van der Waals surface area contributed by atoms with Crippen LogP contribution in [0.3, 0.4) is 0 Å². The van der Waals surface area contributed by atoms with Gasteiger partial charge >= 0.3 is 0 Å². The fraction of sp³-hybridized carbons (Fsp3) is 0.182. The van der Waals surface area contributed by atoms with Crippen molar-refractivity contribution in [1.29, 1.82) is 5.26 Å². The number of thioether (sulfide) groups is 1. The summed E-state index contributed by atoms with van der Waals surface area (Å²) in [7, 11) is 0. The Labute approximate surface area is 102 Å². The van der Waals surface area contributed by atoms with Crippen molar-refractivity contribution in [3.63, 3.8) is 0 Å². The predicted octanol–water partition coefficient (Wildman–Crippen LogP) is 3.29. The van der Waals surface area contributed by atoms with Crippen molar-refractivity contribution in [3.8, 4) is 6.07 Å². The number of nitrogens with zero attached hydrogens (tertiary/aromatic N) is 3. The van der Waals surface area contributed by atoms with Crippen molar-refractivity contribution in [1.82, 2.24) is 9.36 Å². The molecule has 2 aromatic rings. The zero-order chi connectivity index (χ0) is 11.2. The molecule has 1 atom stereocenters. The molecule has 1 aromatic heterocycles. The molecule has 0 saturated heterocycles. The van der Waals surface area contributed by atoms with Crippen molar-refractivity contribution in [2.45, 2.75) is 16.0 Å². The Morgan fingerprint density at radius 2 is 2.19 bits per heavy atom. The Morgan fingerprint density at radius 3 is 2.81 bits per heavy atom. The lowest BCUT2D eigenvalue weighted by Gasteiger charge is -2.10. The molecule has 0 aliphatic rings. The van der Waals surface area contributed by atoms with E-state index in [-0.39, 0.29) is 5.25 Å². The Balaban J connectivity index is 2.15. The Bertz CT molecular complexity index is 462. The molecule has 1 unspecified atom stereocenters. The first-order valence-corrected chi connectivity index (χ1v) is 6.40. The third-order valence-corrected chi connectivity index (χ3v) is 4.04. The minimum absolute atomic E-state index is 0.138. The van der Waals surface area contributed by atoms with Crippen LogP contribution in [0.25, 0.3) is 0 Å². The summed E-state index contributed by atoms with van der Waals surface area (Å²) >= 11 is 2.96. The van der Waals surface area contributed by atoms with Gasteiger partial charge in [0, 0.05) is 5.25 Å². The van der Waals surface area contributed by atoms with Crippen molar-refractivity contribution < 1.29 is 0 Å². The lowest BCUT2D eigenvalue weighted by Crippen LogP contribution is -1.92. The van der Waals surface area contributed by atoms with Gasteiger partial charge in [-0.15, -0.1) is 0 Å². The minimum atomic E-state index is 0.138. The van der Waals surface area contributed by atoms with E-state index in [1.165, 1.54) is 11.5 Å². The molecule has 0 N–H and O–H groups in total. The molecule has 16 heavy (non-hydrogen) atoms. The maximum Gasteiger partial charge on any atom is 0.170 e. The van der Waals surface area contributed by atoms with Crippen LogP contribution >= 0.6 is 23.3 Å². The van der Waals surface area contributed by atoms with Gasteiger partial charge in [0.25, 0.3) is 0 Å². The molecule has 0 saturated carbocycles. The monoisotopic (exact) mass is 247 g/mol. The van der Waals surface area contributed by atoms with E-state index in [9.17, 15) is 0 Å². The van der Waals surface area contributed by atoms with Gasteiger partial charge in [0.1, 0.15) is 6.33 Å². The van der Waals surface area contributed by atoms with Crippen LogP contribution in [0.4, 0.5) is 0 Å². The van der Waals surface area contributed by atoms with Crippen LogP contribution in [0.5, 0.6) is 0 Å². The number of rotatable bonds is 4. The van der Waals surface area contributed by atoms with Crippen molar-refractivity contribution in [2.75, 3.05) is 0 Å². The summed E-state index contributed by atoms with van der Waals surface area (Å²) in [5.41, 5.74) is 1.16. The van der Waals surface area contributed by atoms with E-state index in [2.05, 4.69) is 15.4 Å². The largest absolute Gasteiger partial charge is 0.216 e. The molecule has 0 aliphatic carbocycles. The van der Waals surface area contributed by atoms with Crippen LogP contribution < -0.4 is 0 Å². The maximum atomic E-state index is 8.83. The average Bonchev–Trinajstić information content (AvgIpc) is 2.83. The SMILES string of the molecule is N#CCC(Sc1ncns1)c1ccccc1. The number of hydrogen-bond donors (Lipinski definition) is 0. The molecule has 0 aliphatic heterocycles. The van der Waals surface area contributed by atoms with Crippen molar-refractivity contribution >= 4 is 23.3 Å². The summed E-state index contributed by atoms with van der Waals surface area (Å²) in [5, 5.41) is 8.97. The van der Waals surface area contributed by atoms with Gasteiger partial charge in [-0.25, -0.2) is 4.98 Å². The summed E-state index contributed by atoms with van der Waals surface area (Å²) in [4.78, 5) is 4.12. The van der Waals surface area contributed by atoms with E-state index in [0.29, 0.717) is 6.42 Å². The molecular formula is C11H9N3S2. The Kier molecular flexibility index (Phi) is 3.91. The van der Waals surface area contributed by atoms with Gasteiger partial charge in [-0.1, -0.05) is 42.1 Å². The number of nitriles is 1. The number of hydrogen-bond acceptors (Lipinski definition) is 5. The summed E-state index contributed by atoms with van der Waals surface area (Å²) in [6, 6.07) is 12.2. The highest BCUT2D eigenvalue weighted by Crippen LogP contribution is 2.37. The van der Waals surface area contributed by atoms with E-state index in [0.717, 1.165) is 9.90 Å². The van der Waals surface area contributed by atoms with Crippen LogP contribution in [0.15, 0.2) is 41.0 Å². The molecular weight excluding hydrogens is 238 g/mol. The lowest BCUT2D eigenvalue weighted by atomic mass is 10.1. The Hall–Kier alpha value is -1.38. The van der Waals surface area contributed by atoms with Crippen LogP contribution in [0, 0.1) is 11.3 Å². The highest BCUT2D eigenvalue weighted by Gasteiger charge is 2.14. The number of benzene rings is 1. The van der Waals surface area contributed by atoms with E-state index in [1.54, 1.807) is 18.1 Å². The number of aromatic nitrogens is 2. The highest BCUT2D eigenvalue weighted by atomic mass is 32.2. The topological polar surface area (TPSA) is 49.6 Å². The second-order valence-corrected chi connectivity index (χ2v) is 5.32. The summed E-state index contributed by atoms with van der Waals surface area (Å²) < 4.78 is 4.86. The van der Waals surface area contributed by atoms with Gasteiger partial charge in [0.15, 0.2) is 4.34 Å². The quantitative estimate of drug-likeness (QED) is 0.778. The molecule has 80 valence electrons. The first kappa shape index (κ1) is 11.1. The maximum absolute atomic E-state index is 8.83. The second-order valence-electron chi connectivity index (χ2n) is 3.09. The summed E-state index contributed by atoms with van der Waals surface area (Å²) in [5.74, 6) is 0. The zero-order valence-corrected chi connectivity index (χ0v) is 10.0. The van der Waals surface area contributed by atoms with E-state index in [1.807, 2.05) is 30.3 Å². The fourth-order valence-electron chi connectivity index (χ4n) is 1.31. The normalized spacial score (nSPS) is 11.9. The molecule has 2 rings (SSSR count). The van der Waals surface area contributed by atoms with Crippen LogP contribution in [0.2, 0.25) is 0 Å². The molecule has 0 fully saturated rings. The fourth-order valence-corrected chi connectivity index (χ4v) is 3.05. The van der Waals surface area contributed by atoms with E-state index < -0.39 is 0 Å². The first-order chi connectivity index (χ1) is 7.90. The van der Waals surface area contributed by atoms with Crippen molar-refractivity contribution in [2.24, 2.45) is 0 Å². The highest BCUT2D eigenvalue weighted by molar-refractivity contribution is 8.01. The van der Waals surface area contributed by atoms with E-state index in [4.69, 9.17) is 5.26 Å². The first-order valence-electron chi connectivity index (χ1n) is 4.75. The van der Waals surface area contributed by atoms with Gasteiger partial charge in [0.2, 0.25) is 0 Å². The van der Waals surface area contributed by atoms with Crippen LogP contribution in [-0.4, -0.2) is 9.36 Å². The molecule has 0 amide bonds. The smallest absolute Gasteiger partial charge is 0.170 e. The standard InChI is InChI=1S/C11H9N3S2/c12-7-6-10(9-4-2-1-3-5-9)15-11-13-8-14-16-11/h1-5,8,10H,6H2. The van der Waals surface area contributed by atoms with E-state index >= 15 is 0 Å². The molecule has 3 nitrogen and oxygen atoms in total. The lowest BCUT2D eigenvalue weighted by molar-refractivity contribution is 0.975. The molecule has 1 heterocycles. The predicted molar refractivity (Wildman–Crippen MR) is 65.2 cm³/mol. The van der Waals surface area contributed by atoms with Gasteiger partial charge in [0.05, 0.1) is 12.5 Å². The Morgan fingerprint density at radius 1 is 1.38 bits per heavy atom. The molecule has 0 bridgehead atoms. The van der Waals surface area contributed by atoms with Crippen LogP contribution in [0.1, 0.15) is 17.2 Å². The van der Waals surface area contributed by atoms with Gasteiger partial charge < -0.3 is 0 Å². The molecule has 1 aromatic carbocycles. The van der Waals surface area contributed by atoms with Gasteiger partial charge in [-0.05, 0) is 17.1 Å². The van der Waals surface area contributed by atoms with Gasteiger partial charge in [-0.2, -0.15) is 9.64 Å². The zero-order valence-electron chi connectivity index (χ0n) is 8.41. The third-order valence-electron chi connectivity index (χ3n) is 2.03. The van der Waals surface area contributed by atoms with Gasteiger partial charge in [-0.3, -0.25) is 0 Å².